The van der Waals surface area contributed by atoms with Gasteiger partial charge in [-0.2, -0.15) is 0 Å². The molecule has 3 nitrogen and oxygen atoms in total. The zero-order chi connectivity index (χ0) is 13.3. The summed E-state index contributed by atoms with van der Waals surface area (Å²) in [5.41, 5.74) is 0. The van der Waals surface area contributed by atoms with Crippen LogP contribution in [0.5, 0.6) is 0 Å². The van der Waals surface area contributed by atoms with Gasteiger partial charge in [0, 0.05) is 12.1 Å². The highest BCUT2D eigenvalue weighted by Gasteiger charge is 2.47. The lowest BCUT2D eigenvalue weighted by Gasteiger charge is -2.40. The summed E-state index contributed by atoms with van der Waals surface area (Å²) in [6.07, 6.45) is 6.95. The molecule has 1 aliphatic heterocycles. The Kier molecular flexibility index (Phi) is 4.31. The molecular weight excluding hydrogens is 226 g/mol. The third-order valence-corrected chi connectivity index (χ3v) is 4.99. The number of hydrogen-bond acceptors (Lipinski definition) is 2. The number of carboxylic acids is 1. The van der Waals surface area contributed by atoms with E-state index in [2.05, 4.69) is 25.7 Å². The van der Waals surface area contributed by atoms with Crippen molar-refractivity contribution in [1.82, 2.24) is 4.90 Å². The number of rotatable bonds is 4. The summed E-state index contributed by atoms with van der Waals surface area (Å²) in [5, 5.41) is 9.52. The van der Waals surface area contributed by atoms with E-state index in [1.165, 1.54) is 25.7 Å². The van der Waals surface area contributed by atoms with E-state index in [1.807, 2.05) is 0 Å². The lowest BCUT2D eigenvalue weighted by atomic mass is 9.84. The minimum Gasteiger partial charge on any atom is -0.480 e. The van der Waals surface area contributed by atoms with Gasteiger partial charge in [0.15, 0.2) is 0 Å². The second-order valence-corrected chi connectivity index (χ2v) is 6.37. The summed E-state index contributed by atoms with van der Waals surface area (Å²) >= 11 is 0. The second kappa shape index (κ2) is 5.60. The fourth-order valence-electron chi connectivity index (χ4n) is 4.23. The summed E-state index contributed by atoms with van der Waals surface area (Å²) in [4.78, 5) is 13.9. The largest absolute Gasteiger partial charge is 0.480 e. The molecule has 104 valence electrons. The van der Waals surface area contributed by atoms with Gasteiger partial charge in [0.1, 0.15) is 6.04 Å². The van der Waals surface area contributed by atoms with Crippen molar-refractivity contribution in [2.45, 2.75) is 77.4 Å². The minimum absolute atomic E-state index is 0.231. The smallest absolute Gasteiger partial charge is 0.320 e. The first kappa shape index (κ1) is 13.9. The van der Waals surface area contributed by atoms with Crippen molar-refractivity contribution in [2.75, 3.05) is 0 Å². The molecule has 1 heterocycles. The normalized spacial score (nSPS) is 34.6. The minimum atomic E-state index is -0.608. The SMILES string of the molecule is CCC(C(C)C)N1C(C(=O)O)CC2CCCCC21. The Hall–Kier alpha value is -0.570. The van der Waals surface area contributed by atoms with Gasteiger partial charge >= 0.3 is 5.97 Å². The quantitative estimate of drug-likeness (QED) is 0.836. The van der Waals surface area contributed by atoms with Crippen molar-refractivity contribution in [2.24, 2.45) is 11.8 Å². The van der Waals surface area contributed by atoms with Gasteiger partial charge in [0.25, 0.3) is 0 Å². The van der Waals surface area contributed by atoms with Crippen molar-refractivity contribution >= 4 is 5.97 Å². The van der Waals surface area contributed by atoms with Gasteiger partial charge in [-0.15, -0.1) is 0 Å². The topological polar surface area (TPSA) is 40.5 Å². The summed E-state index contributed by atoms with van der Waals surface area (Å²) in [6, 6.07) is 0.733. The highest BCUT2D eigenvalue weighted by molar-refractivity contribution is 5.74. The molecule has 18 heavy (non-hydrogen) atoms. The van der Waals surface area contributed by atoms with Gasteiger partial charge in [0.2, 0.25) is 0 Å². The molecular formula is C15H27NO2. The Morgan fingerprint density at radius 1 is 1.33 bits per heavy atom. The van der Waals surface area contributed by atoms with Gasteiger partial charge in [-0.25, -0.2) is 0 Å². The number of carboxylic acid groups (broad SMARTS) is 1. The van der Waals surface area contributed by atoms with Crippen molar-refractivity contribution < 1.29 is 9.90 Å². The van der Waals surface area contributed by atoms with Crippen molar-refractivity contribution in [3.63, 3.8) is 0 Å². The van der Waals surface area contributed by atoms with Crippen LogP contribution in [0, 0.1) is 11.8 Å². The van der Waals surface area contributed by atoms with Crippen LogP contribution >= 0.6 is 0 Å². The van der Waals surface area contributed by atoms with E-state index in [-0.39, 0.29) is 6.04 Å². The molecule has 2 fully saturated rings. The third-order valence-electron chi connectivity index (χ3n) is 4.99. The molecule has 0 bridgehead atoms. The molecule has 0 radical (unpaired) electrons. The zero-order valence-corrected chi connectivity index (χ0v) is 11.9. The van der Waals surface area contributed by atoms with E-state index < -0.39 is 5.97 Å². The molecule has 0 aromatic rings. The summed E-state index contributed by atoms with van der Waals surface area (Å²) < 4.78 is 0. The summed E-state index contributed by atoms with van der Waals surface area (Å²) in [6.45, 7) is 6.65. The average molecular weight is 253 g/mol. The fraction of sp³-hybridized carbons (Fsp3) is 0.933. The monoisotopic (exact) mass is 253 g/mol. The molecule has 0 spiro atoms. The Morgan fingerprint density at radius 2 is 2.00 bits per heavy atom. The Morgan fingerprint density at radius 3 is 2.56 bits per heavy atom. The summed E-state index contributed by atoms with van der Waals surface area (Å²) in [7, 11) is 0. The maximum atomic E-state index is 11.6. The van der Waals surface area contributed by atoms with E-state index in [4.69, 9.17) is 0 Å². The van der Waals surface area contributed by atoms with Crippen molar-refractivity contribution in [3.05, 3.63) is 0 Å². The van der Waals surface area contributed by atoms with Crippen LogP contribution in [0.3, 0.4) is 0 Å². The summed E-state index contributed by atoms with van der Waals surface area (Å²) in [5.74, 6) is 0.564. The van der Waals surface area contributed by atoms with Crippen LogP contribution in [0.15, 0.2) is 0 Å². The molecule has 1 N–H and O–H groups in total. The van der Waals surface area contributed by atoms with Gasteiger partial charge in [-0.3, -0.25) is 9.69 Å². The number of likely N-dealkylation sites (tertiary alicyclic amines) is 1. The highest BCUT2D eigenvalue weighted by atomic mass is 16.4. The number of hydrogen-bond donors (Lipinski definition) is 1. The van der Waals surface area contributed by atoms with Crippen LogP contribution in [0.25, 0.3) is 0 Å². The van der Waals surface area contributed by atoms with Crippen LogP contribution in [0.4, 0.5) is 0 Å². The first-order valence-corrected chi connectivity index (χ1v) is 7.56. The molecule has 1 aliphatic carbocycles. The van der Waals surface area contributed by atoms with Crippen molar-refractivity contribution in [3.8, 4) is 0 Å². The Bertz CT molecular complexity index is 303. The van der Waals surface area contributed by atoms with E-state index >= 15 is 0 Å². The Balaban J connectivity index is 2.23. The van der Waals surface area contributed by atoms with Crippen molar-refractivity contribution in [1.29, 1.82) is 0 Å². The predicted molar refractivity (Wildman–Crippen MR) is 72.5 cm³/mol. The van der Waals surface area contributed by atoms with E-state index in [9.17, 15) is 9.90 Å². The number of aliphatic carboxylic acids is 1. The Labute approximate surface area is 111 Å². The number of carbonyl (C=O) groups is 1. The molecule has 0 aromatic carbocycles. The molecule has 0 amide bonds. The predicted octanol–water partition coefficient (Wildman–Crippen LogP) is 3.14. The van der Waals surface area contributed by atoms with E-state index in [1.54, 1.807) is 0 Å². The van der Waals surface area contributed by atoms with Gasteiger partial charge in [0.05, 0.1) is 0 Å². The van der Waals surface area contributed by atoms with E-state index in [0.29, 0.717) is 23.9 Å². The standard InChI is InChI=1S/C15H27NO2/c1-4-12(10(2)3)16-13-8-6-5-7-11(13)9-14(16)15(17)18/h10-14H,4-9H2,1-3H3,(H,17,18). The lowest BCUT2D eigenvalue weighted by molar-refractivity contribution is -0.144. The third kappa shape index (κ3) is 2.42. The van der Waals surface area contributed by atoms with Crippen LogP contribution in [-0.2, 0) is 4.79 Å². The molecule has 3 heteroatoms. The van der Waals surface area contributed by atoms with Crippen LogP contribution in [0.2, 0.25) is 0 Å². The molecule has 1 saturated carbocycles. The molecule has 2 aliphatic rings. The van der Waals surface area contributed by atoms with Gasteiger partial charge < -0.3 is 5.11 Å². The van der Waals surface area contributed by atoms with E-state index in [0.717, 1.165) is 12.8 Å². The molecule has 0 aromatic heterocycles. The second-order valence-electron chi connectivity index (χ2n) is 6.37. The zero-order valence-electron chi connectivity index (χ0n) is 11.9. The highest BCUT2D eigenvalue weighted by Crippen LogP contribution is 2.42. The number of fused-ring (bicyclic) bond motifs is 1. The first-order chi connectivity index (χ1) is 8.56. The maximum Gasteiger partial charge on any atom is 0.320 e. The van der Waals surface area contributed by atoms with Crippen LogP contribution < -0.4 is 0 Å². The number of nitrogens with zero attached hydrogens (tertiary/aromatic N) is 1. The van der Waals surface area contributed by atoms with Gasteiger partial charge in [-0.05, 0) is 37.5 Å². The van der Waals surface area contributed by atoms with Crippen LogP contribution in [-0.4, -0.2) is 34.1 Å². The maximum absolute atomic E-state index is 11.6. The fourth-order valence-corrected chi connectivity index (χ4v) is 4.23. The molecule has 1 saturated heterocycles. The first-order valence-electron chi connectivity index (χ1n) is 7.56. The molecule has 4 unspecified atom stereocenters. The van der Waals surface area contributed by atoms with Crippen LogP contribution in [0.1, 0.15) is 59.3 Å². The lowest BCUT2D eigenvalue weighted by Crippen LogP contribution is -2.50. The van der Waals surface area contributed by atoms with Gasteiger partial charge in [-0.1, -0.05) is 33.6 Å². The average Bonchev–Trinajstić information content (AvgIpc) is 2.70. The molecule has 4 atom stereocenters. The molecule has 2 rings (SSSR count).